The normalized spacial score (nSPS) is 24.8. The minimum absolute atomic E-state index is 0.196. The van der Waals surface area contributed by atoms with E-state index in [-0.39, 0.29) is 6.09 Å². The first-order valence-electron chi connectivity index (χ1n) is 9.46. The van der Waals surface area contributed by atoms with Crippen molar-refractivity contribution in [2.45, 2.75) is 52.2 Å². The van der Waals surface area contributed by atoms with Crippen LogP contribution in [0.1, 0.15) is 40.5 Å². The predicted molar refractivity (Wildman–Crippen MR) is 101 cm³/mol. The maximum Gasteiger partial charge on any atom is 0.410 e. The lowest BCUT2D eigenvalue weighted by atomic mass is 10.2. The van der Waals surface area contributed by atoms with Crippen molar-refractivity contribution in [3.05, 3.63) is 0 Å². The van der Waals surface area contributed by atoms with Crippen LogP contribution in [-0.2, 0) is 4.74 Å². The van der Waals surface area contributed by atoms with Gasteiger partial charge in [-0.3, -0.25) is 9.89 Å². The standard InChI is InChI=1S/C18H35N5O2/c1-14-13-15(14)21-16(19-5)20-7-6-8-22-9-11-23(12-10-22)17(24)25-18(2,3)4/h14-15H,6-13H2,1-5H3,(H2,19,20,21). The molecule has 7 nitrogen and oxygen atoms in total. The minimum Gasteiger partial charge on any atom is -0.444 e. The largest absolute Gasteiger partial charge is 0.444 e. The average molecular weight is 354 g/mol. The van der Waals surface area contributed by atoms with Crippen LogP contribution in [0.2, 0.25) is 0 Å². The van der Waals surface area contributed by atoms with Crippen molar-refractivity contribution in [1.29, 1.82) is 0 Å². The van der Waals surface area contributed by atoms with Gasteiger partial charge in [0.2, 0.25) is 0 Å². The van der Waals surface area contributed by atoms with Crippen LogP contribution in [0.5, 0.6) is 0 Å². The van der Waals surface area contributed by atoms with Crippen molar-refractivity contribution < 1.29 is 9.53 Å². The molecule has 2 atom stereocenters. The highest BCUT2D eigenvalue weighted by Crippen LogP contribution is 2.28. The van der Waals surface area contributed by atoms with Gasteiger partial charge in [-0.05, 0) is 46.1 Å². The van der Waals surface area contributed by atoms with E-state index < -0.39 is 5.60 Å². The fourth-order valence-electron chi connectivity index (χ4n) is 2.88. The Morgan fingerprint density at radius 3 is 2.40 bits per heavy atom. The Morgan fingerprint density at radius 1 is 1.24 bits per heavy atom. The summed E-state index contributed by atoms with van der Waals surface area (Å²) in [6, 6.07) is 0.590. The van der Waals surface area contributed by atoms with Crippen LogP contribution in [0.25, 0.3) is 0 Å². The maximum atomic E-state index is 12.1. The first-order chi connectivity index (χ1) is 11.8. The molecule has 1 amide bonds. The lowest BCUT2D eigenvalue weighted by Gasteiger charge is -2.35. The average Bonchev–Trinajstić information content (AvgIpc) is 3.24. The number of amides is 1. The summed E-state index contributed by atoms with van der Waals surface area (Å²) in [6.07, 6.45) is 2.11. The second kappa shape index (κ2) is 8.74. The van der Waals surface area contributed by atoms with E-state index in [1.807, 2.05) is 32.7 Å². The molecular formula is C18H35N5O2. The van der Waals surface area contributed by atoms with E-state index in [2.05, 4.69) is 27.4 Å². The summed E-state index contributed by atoms with van der Waals surface area (Å²) >= 11 is 0. The molecule has 0 radical (unpaired) electrons. The molecule has 25 heavy (non-hydrogen) atoms. The van der Waals surface area contributed by atoms with Crippen molar-refractivity contribution >= 4 is 12.1 Å². The van der Waals surface area contributed by atoms with Gasteiger partial charge < -0.3 is 20.3 Å². The van der Waals surface area contributed by atoms with Crippen LogP contribution >= 0.6 is 0 Å². The predicted octanol–water partition coefficient (Wildman–Crippen LogP) is 1.50. The summed E-state index contributed by atoms with van der Waals surface area (Å²) < 4.78 is 5.43. The van der Waals surface area contributed by atoms with E-state index in [4.69, 9.17) is 4.74 Å². The van der Waals surface area contributed by atoms with E-state index in [1.54, 1.807) is 0 Å². The number of rotatable bonds is 5. The van der Waals surface area contributed by atoms with Crippen molar-refractivity contribution in [3.8, 4) is 0 Å². The lowest BCUT2D eigenvalue weighted by Crippen LogP contribution is -2.50. The van der Waals surface area contributed by atoms with Gasteiger partial charge in [0.25, 0.3) is 0 Å². The Hall–Kier alpha value is -1.50. The fraction of sp³-hybridized carbons (Fsp3) is 0.889. The molecular weight excluding hydrogens is 318 g/mol. The fourth-order valence-corrected chi connectivity index (χ4v) is 2.88. The van der Waals surface area contributed by atoms with Gasteiger partial charge in [0.1, 0.15) is 5.60 Å². The Labute approximate surface area is 152 Å². The molecule has 2 fully saturated rings. The topological polar surface area (TPSA) is 69.2 Å². The van der Waals surface area contributed by atoms with Crippen molar-refractivity contribution in [1.82, 2.24) is 20.4 Å². The van der Waals surface area contributed by atoms with Crippen LogP contribution in [-0.4, -0.2) is 79.8 Å². The van der Waals surface area contributed by atoms with Crippen LogP contribution in [0, 0.1) is 5.92 Å². The maximum absolute atomic E-state index is 12.1. The molecule has 1 heterocycles. The number of aliphatic imine (C=N–C) groups is 1. The number of nitrogens with one attached hydrogen (secondary N) is 2. The Bertz CT molecular complexity index is 467. The third kappa shape index (κ3) is 7.10. The van der Waals surface area contributed by atoms with Crippen LogP contribution in [0.15, 0.2) is 4.99 Å². The molecule has 2 unspecified atom stereocenters. The first-order valence-corrected chi connectivity index (χ1v) is 9.46. The van der Waals surface area contributed by atoms with Gasteiger partial charge >= 0.3 is 6.09 Å². The van der Waals surface area contributed by atoms with Crippen molar-refractivity contribution in [2.75, 3.05) is 46.3 Å². The SMILES string of the molecule is CN=C(NCCCN1CCN(C(=O)OC(C)(C)C)CC1)NC1CC1C. The number of carbonyl (C=O) groups is 1. The summed E-state index contributed by atoms with van der Waals surface area (Å²) in [5.74, 6) is 1.67. The summed E-state index contributed by atoms with van der Waals surface area (Å²) in [4.78, 5) is 20.5. The highest BCUT2D eigenvalue weighted by atomic mass is 16.6. The van der Waals surface area contributed by atoms with Gasteiger partial charge in [-0.25, -0.2) is 4.79 Å². The van der Waals surface area contributed by atoms with E-state index >= 15 is 0 Å². The third-order valence-corrected chi connectivity index (χ3v) is 4.62. The molecule has 1 saturated heterocycles. The zero-order chi connectivity index (χ0) is 18.4. The van der Waals surface area contributed by atoms with Crippen molar-refractivity contribution in [3.63, 3.8) is 0 Å². The summed E-state index contributed by atoms with van der Waals surface area (Å²) in [5, 5.41) is 6.81. The molecule has 1 aliphatic carbocycles. The molecule has 0 aromatic rings. The molecule has 0 aromatic carbocycles. The number of hydrogen-bond acceptors (Lipinski definition) is 4. The summed E-state index contributed by atoms with van der Waals surface area (Å²) in [5.41, 5.74) is -0.426. The second-order valence-electron chi connectivity index (χ2n) is 8.13. The van der Waals surface area contributed by atoms with Crippen molar-refractivity contribution in [2.24, 2.45) is 10.9 Å². The van der Waals surface area contributed by atoms with E-state index in [0.29, 0.717) is 6.04 Å². The Balaban J connectivity index is 1.57. The van der Waals surface area contributed by atoms with Gasteiger partial charge in [0.05, 0.1) is 0 Å². The number of carbonyl (C=O) groups excluding carboxylic acids is 1. The van der Waals surface area contributed by atoms with Crippen LogP contribution < -0.4 is 10.6 Å². The molecule has 1 aliphatic heterocycles. The minimum atomic E-state index is -0.426. The Morgan fingerprint density at radius 2 is 1.88 bits per heavy atom. The number of hydrogen-bond donors (Lipinski definition) is 2. The summed E-state index contributed by atoms with van der Waals surface area (Å²) in [6.45, 7) is 13.2. The van der Waals surface area contributed by atoms with Gasteiger partial charge in [-0.1, -0.05) is 6.92 Å². The number of piperazine rings is 1. The highest BCUT2D eigenvalue weighted by Gasteiger charge is 2.33. The van der Waals surface area contributed by atoms with Gasteiger partial charge in [0, 0.05) is 45.8 Å². The first kappa shape index (κ1) is 19.8. The van der Waals surface area contributed by atoms with E-state index in [0.717, 1.165) is 57.6 Å². The zero-order valence-electron chi connectivity index (χ0n) is 16.5. The molecule has 2 aliphatic rings. The number of ether oxygens (including phenoxy) is 1. The molecule has 7 heteroatoms. The number of guanidine groups is 1. The molecule has 144 valence electrons. The third-order valence-electron chi connectivity index (χ3n) is 4.62. The second-order valence-corrected chi connectivity index (χ2v) is 8.13. The van der Waals surface area contributed by atoms with Crippen LogP contribution in [0.4, 0.5) is 4.79 Å². The summed E-state index contributed by atoms with van der Waals surface area (Å²) in [7, 11) is 1.82. The van der Waals surface area contributed by atoms with Gasteiger partial charge in [-0.2, -0.15) is 0 Å². The van der Waals surface area contributed by atoms with Gasteiger partial charge in [-0.15, -0.1) is 0 Å². The van der Waals surface area contributed by atoms with E-state index in [9.17, 15) is 4.79 Å². The lowest BCUT2D eigenvalue weighted by molar-refractivity contribution is 0.0145. The Kier molecular flexibility index (Phi) is 6.93. The van der Waals surface area contributed by atoms with E-state index in [1.165, 1.54) is 6.42 Å². The zero-order valence-corrected chi connectivity index (χ0v) is 16.5. The molecule has 0 spiro atoms. The van der Waals surface area contributed by atoms with Crippen LogP contribution in [0.3, 0.4) is 0 Å². The monoisotopic (exact) mass is 353 g/mol. The smallest absolute Gasteiger partial charge is 0.410 e. The quantitative estimate of drug-likeness (QED) is 0.445. The number of nitrogens with zero attached hydrogens (tertiary/aromatic N) is 3. The molecule has 2 rings (SSSR count). The molecule has 1 saturated carbocycles. The highest BCUT2D eigenvalue weighted by molar-refractivity contribution is 5.80. The van der Waals surface area contributed by atoms with Gasteiger partial charge in [0.15, 0.2) is 5.96 Å². The molecule has 0 aromatic heterocycles. The molecule has 2 N–H and O–H groups in total. The molecule has 0 bridgehead atoms.